The molecule has 0 aromatic heterocycles. The highest BCUT2D eigenvalue weighted by Gasteiger charge is 2.27. The first kappa shape index (κ1) is 16.2. The fraction of sp³-hybridized carbons (Fsp3) is 1.00. The molecule has 0 amide bonds. The van der Waals surface area contributed by atoms with E-state index in [0.717, 1.165) is 52.6 Å². The van der Waals surface area contributed by atoms with Crippen LogP contribution in [0.3, 0.4) is 0 Å². The zero-order valence-electron chi connectivity index (χ0n) is 13.2. The van der Waals surface area contributed by atoms with Gasteiger partial charge in [-0.15, -0.1) is 0 Å². The molecule has 2 aliphatic heterocycles. The molecule has 118 valence electrons. The summed E-state index contributed by atoms with van der Waals surface area (Å²) in [5.41, 5.74) is 0. The molecule has 2 aliphatic rings. The Hall–Kier alpha value is -0.160. The number of rotatable bonds is 8. The summed E-state index contributed by atoms with van der Waals surface area (Å²) in [5.74, 6) is 0. The number of morpholine rings is 2. The zero-order valence-corrected chi connectivity index (χ0v) is 13.2. The third-order valence-corrected chi connectivity index (χ3v) is 4.50. The maximum atomic E-state index is 5.51. The molecular formula is C16H32N2O2. The Morgan fingerprint density at radius 1 is 0.750 bits per heavy atom. The van der Waals surface area contributed by atoms with Crippen molar-refractivity contribution in [1.82, 2.24) is 9.80 Å². The fourth-order valence-electron chi connectivity index (χ4n) is 3.28. The van der Waals surface area contributed by atoms with Crippen LogP contribution in [0.25, 0.3) is 0 Å². The van der Waals surface area contributed by atoms with Gasteiger partial charge in [0.25, 0.3) is 0 Å². The van der Waals surface area contributed by atoms with Crippen LogP contribution in [-0.4, -0.2) is 68.6 Å². The fourth-order valence-corrected chi connectivity index (χ4v) is 3.28. The Labute approximate surface area is 124 Å². The van der Waals surface area contributed by atoms with Crippen molar-refractivity contribution in [2.75, 3.05) is 52.6 Å². The van der Waals surface area contributed by atoms with Crippen molar-refractivity contribution in [3.05, 3.63) is 0 Å². The van der Waals surface area contributed by atoms with Crippen molar-refractivity contribution in [3.63, 3.8) is 0 Å². The van der Waals surface area contributed by atoms with Crippen LogP contribution in [0.5, 0.6) is 0 Å². The van der Waals surface area contributed by atoms with Gasteiger partial charge in [0.15, 0.2) is 0 Å². The van der Waals surface area contributed by atoms with Crippen molar-refractivity contribution in [3.8, 4) is 0 Å². The van der Waals surface area contributed by atoms with E-state index in [-0.39, 0.29) is 0 Å². The van der Waals surface area contributed by atoms with Crippen molar-refractivity contribution < 1.29 is 9.47 Å². The van der Waals surface area contributed by atoms with Gasteiger partial charge >= 0.3 is 0 Å². The van der Waals surface area contributed by atoms with Crippen LogP contribution < -0.4 is 0 Å². The molecule has 2 heterocycles. The number of ether oxygens (including phenoxy) is 2. The molecular weight excluding hydrogens is 252 g/mol. The highest BCUT2D eigenvalue weighted by atomic mass is 16.5. The molecule has 4 nitrogen and oxygen atoms in total. The molecule has 2 rings (SSSR count). The van der Waals surface area contributed by atoms with Gasteiger partial charge in [0.2, 0.25) is 0 Å². The standard InChI is InChI=1S/C16H32N2O2/c1-2-3-4-5-6-7-16(17-8-12-19-13-9-17)18-10-14-20-15-11-18/h16H,2-15H2,1H3. The quantitative estimate of drug-likeness (QED) is 0.639. The molecule has 2 saturated heterocycles. The second-order valence-corrected chi connectivity index (χ2v) is 5.98. The average molecular weight is 284 g/mol. The summed E-state index contributed by atoms with van der Waals surface area (Å²) in [7, 11) is 0. The molecule has 4 heteroatoms. The van der Waals surface area contributed by atoms with E-state index >= 15 is 0 Å². The van der Waals surface area contributed by atoms with Crippen LogP contribution in [0.2, 0.25) is 0 Å². The maximum Gasteiger partial charge on any atom is 0.0625 e. The van der Waals surface area contributed by atoms with Gasteiger partial charge in [-0.05, 0) is 6.42 Å². The zero-order chi connectivity index (χ0) is 14.0. The second-order valence-electron chi connectivity index (χ2n) is 5.98. The average Bonchev–Trinajstić information content (AvgIpc) is 2.53. The van der Waals surface area contributed by atoms with Crippen LogP contribution >= 0.6 is 0 Å². The van der Waals surface area contributed by atoms with E-state index in [1.807, 2.05) is 0 Å². The largest absolute Gasteiger partial charge is 0.379 e. The molecule has 0 unspecified atom stereocenters. The summed E-state index contributed by atoms with van der Waals surface area (Å²) in [4.78, 5) is 5.27. The van der Waals surface area contributed by atoms with Crippen LogP contribution in [0.4, 0.5) is 0 Å². The van der Waals surface area contributed by atoms with E-state index in [4.69, 9.17) is 9.47 Å². The Morgan fingerprint density at radius 3 is 1.75 bits per heavy atom. The third-order valence-electron chi connectivity index (χ3n) is 4.50. The van der Waals surface area contributed by atoms with Gasteiger partial charge < -0.3 is 9.47 Å². The summed E-state index contributed by atoms with van der Waals surface area (Å²) >= 11 is 0. The lowest BCUT2D eigenvalue weighted by molar-refractivity contribution is -0.0690. The van der Waals surface area contributed by atoms with E-state index in [1.54, 1.807) is 0 Å². The lowest BCUT2D eigenvalue weighted by Crippen LogP contribution is -2.55. The second kappa shape index (κ2) is 9.72. The van der Waals surface area contributed by atoms with Gasteiger partial charge in [-0.1, -0.05) is 39.0 Å². The summed E-state index contributed by atoms with van der Waals surface area (Å²) < 4.78 is 11.0. The van der Waals surface area contributed by atoms with Gasteiger partial charge in [0, 0.05) is 26.2 Å². The summed E-state index contributed by atoms with van der Waals surface area (Å²) in [5, 5.41) is 0. The highest BCUT2D eigenvalue weighted by Crippen LogP contribution is 2.18. The van der Waals surface area contributed by atoms with E-state index in [2.05, 4.69) is 16.7 Å². The number of hydrogen-bond acceptors (Lipinski definition) is 4. The molecule has 0 bridgehead atoms. The molecule has 0 aromatic rings. The van der Waals surface area contributed by atoms with Gasteiger partial charge in [-0.2, -0.15) is 0 Å². The maximum absolute atomic E-state index is 5.51. The molecule has 20 heavy (non-hydrogen) atoms. The van der Waals surface area contributed by atoms with E-state index in [9.17, 15) is 0 Å². The van der Waals surface area contributed by atoms with Crippen LogP contribution in [-0.2, 0) is 9.47 Å². The Bertz CT molecular complexity index is 221. The van der Waals surface area contributed by atoms with Crippen molar-refractivity contribution in [2.45, 2.75) is 51.6 Å². The first-order chi connectivity index (χ1) is 9.92. The molecule has 0 aromatic carbocycles. The van der Waals surface area contributed by atoms with Gasteiger partial charge in [-0.25, -0.2) is 0 Å². The summed E-state index contributed by atoms with van der Waals surface area (Å²) in [6, 6.07) is 0. The highest BCUT2D eigenvalue weighted by molar-refractivity contribution is 4.77. The third kappa shape index (κ3) is 5.32. The normalized spacial score (nSPS) is 22.5. The molecule has 0 aliphatic carbocycles. The molecule has 0 atom stereocenters. The van der Waals surface area contributed by atoms with Crippen molar-refractivity contribution in [1.29, 1.82) is 0 Å². The number of unbranched alkanes of at least 4 members (excludes halogenated alkanes) is 4. The van der Waals surface area contributed by atoms with Crippen LogP contribution in [0.15, 0.2) is 0 Å². The topological polar surface area (TPSA) is 24.9 Å². The van der Waals surface area contributed by atoms with E-state index in [1.165, 1.54) is 38.5 Å². The molecule has 2 fully saturated rings. The minimum Gasteiger partial charge on any atom is -0.379 e. The lowest BCUT2D eigenvalue weighted by atomic mass is 10.1. The monoisotopic (exact) mass is 284 g/mol. The van der Waals surface area contributed by atoms with Gasteiger partial charge in [-0.3, -0.25) is 9.80 Å². The predicted molar refractivity (Wildman–Crippen MR) is 81.9 cm³/mol. The van der Waals surface area contributed by atoms with Crippen LogP contribution in [0, 0.1) is 0 Å². The van der Waals surface area contributed by atoms with Gasteiger partial charge in [0.05, 0.1) is 32.6 Å². The predicted octanol–water partition coefficient (Wildman–Crippen LogP) is 2.34. The lowest BCUT2D eigenvalue weighted by Gasteiger charge is -2.43. The minimum absolute atomic E-state index is 0.615. The number of hydrogen-bond donors (Lipinski definition) is 0. The summed E-state index contributed by atoms with van der Waals surface area (Å²) in [6.07, 6.45) is 8.79. The Balaban J connectivity index is 1.78. The first-order valence-corrected chi connectivity index (χ1v) is 8.55. The molecule has 0 spiro atoms. The van der Waals surface area contributed by atoms with Crippen molar-refractivity contribution in [2.24, 2.45) is 0 Å². The first-order valence-electron chi connectivity index (χ1n) is 8.55. The van der Waals surface area contributed by atoms with E-state index in [0.29, 0.717) is 6.17 Å². The molecule has 0 N–H and O–H groups in total. The molecule has 0 radical (unpaired) electrons. The smallest absolute Gasteiger partial charge is 0.0625 e. The SMILES string of the molecule is CCCCCCCC(N1CCOCC1)N1CCOCC1. The Morgan fingerprint density at radius 2 is 1.25 bits per heavy atom. The Kier molecular flexibility index (Phi) is 7.88. The number of nitrogens with zero attached hydrogens (tertiary/aromatic N) is 2. The minimum atomic E-state index is 0.615. The van der Waals surface area contributed by atoms with Crippen molar-refractivity contribution >= 4 is 0 Å². The van der Waals surface area contributed by atoms with Crippen LogP contribution in [0.1, 0.15) is 45.4 Å². The molecule has 0 saturated carbocycles. The van der Waals surface area contributed by atoms with Gasteiger partial charge in [0.1, 0.15) is 0 Å². The summed E-state index contributed by atoms with van der Waals surface area (Å²) in [6.45, 7) is 10.3. The van der Waals surface area contributed by atoms with E-state index < -0.39 is 0 Å².